The zero-order valence-electron chi connectivity index (χ0n) is 11.4. The molecule has 0 unspecified atom stereocenters. The van der Waals surface area contributed by atoms with Gasteiger partial charge in [-0.3, -0.25) is 10.1 Å². The molecule has 0 aliphatic heterocycles. The third-order valence-corrected chi connectivity index (χ3v) is 4.71. The van der Waals surface area contributed by atoms with Crippen molar-refractivity contribution in [3.8, 4) is 0 Å². The van der Waals surface area contributed by atoms with E-state index in [1.807, 2.05) is 12.2 Å². The lowest BCUT2D eigenvalue weighted by Crippen LogP contribution is -2.17. The molecule has 2 bridgehead atoms. The van der Waals surface area contributed by atoms with Crippen LogP contribution in [0, 0.1) is 27.9 Å². The number of aliphatic hydroxyl groups excluding tert-OH is 2. The van der Waals surface area contributed by atoms with Crippen molar-refractivity contribution in [1.29, 1.82) is 0 Å². The van der Waals surface area contributed by atoms with E-state index < -0.39 is 0 Å². The number of nitro groups is 1. The highest BCUT2D eigenvalue weighted by Crippen LogP contribution is 2.53. The van der Waals surface area contributed by atoms with Crippen molar-refractivity contribution in [3.05, 3.63) is 63.9 Å². The number of fused-ring (bicyclic) bond motifs is 2. The van der Waals surface area contributed by atoms with Crippen LogP contribution < -0.4 is 0 Å². The summed E-state index contributed by atoms with van der Waals surface area (Å²) < 4.78 is 0. The predicted octanol–water partition coefficient (Wildman–Crippen LogP) is 2.93. The normalized spacial score (nSPS) is 32.5. The van der Waals surface area contributed by atoms with Crippen LogP contribution in [0.15, 0.2) is 48.3 Å². The Balaban J connectivity index is 2.04. The molecule has 0 radical (unpaired) electrons. The Morgan fingerprint density at radius 3 is 2.67 bits per heavy atom. The lowest BCUT2D eigenvalue weighted by molar-refractivity contribution is -0.385. The molecule has 3 rings (SSSR count). The minimum absolute atomic E-state index is 0.0169. The van der Waals surface area contributed by atoms with Crippen LogP contribution >= 0.6 is 0 Å². The van der Waals surface area contributed by atoms with Crippen molar-refractivity contribution in [3.63, 3.8) is 0 Å². The topological polar surface area (TPSA) is 83.6 Å². The van der Waals surface area contributed by atoms with Crippen LogP contribution in [0.25, 0.3) is 0 Å². The van der Waals surface area contributed by atoms with Gasteiger partial charge in [-0.05, 0) is 23.8 Å². The summed E-state index contributed by atoms with van der Waals surface area (Å²) in [7, 11) is 0. The molecule has 0 saturated heterocycles. The van der Waals surface area contributed by atoms with Gasteiger partial charge in [0.25, 0.3) is 5.69 Å². The fourth-order valence-corrected chi connectivity index (χ4v) is 3.75. The molecular weight excluding hydrogens is 270 g/mol. The van der Waals surface area contributed by atoms with Gasteiger partial charge in [-0.25, -0.2) is 0 Å². The fraction of sp³-hybridized carbons (Fsp3) is 0.375. The highest BCUT2D eigenvalue weighted by molar-refractivity contribution is 5.48. The number of hydrogen-bond donors (Lipinski definition) is 2. The monoisotopic (exact) mass is 287 g/mol. The molecule has 2 aliphatic carbocycles. The van der Waals surface area contributed by atoms with Gasteiger partial charge in [0.15, 0.2) is 0 Å². The Hall–Kier alpha value is -2.14. The van der Waals surface area contributed by atoms with E-state index in [2.05, 4.69) is 0 Å². The molecule has 1 saturated carbocycles. The number of nitrogens with zero attached hydrogens (tertiary/aromatic N) is 1. The lowest BCUT2D eigenvalue weighted by atomic mass is 9.77. The van der Waals surface area contributed by atoms with Crippen LogP contribution in [0.1, 0.15) is 17.9 Å². The van der Waals surface area contributed by atoms with Gasteiger partial charge in [-0.15, -0.1) is 0 Å². The summed E-state index contributed by atoms with van der Waals surface area (Å²) in [6.07, 6.45) is 5.81. The Bertz CT molecular complexity index is 622. The number of hydrogen-bond acceptors (Lipinski definition) is 4. The van der Waals surface area contributed by atoms with Crippen LogP contribution in [0.4, 0.5) is 5.69 Å². The predicted molar refractivity (Wildman–Crippen MR) is 77.9 cm³/mol. The first-order valence-corrected chi connectivity index (χ1v) is 7.04. The second-order valence-electron chi connectivity index (χ2n) is 5.67. The minimum Gasteiger partial charge on any atom is -0.516 e. The van der Waals surface area contributed by atoms with E-state index in [0.29, 0.717) is 5.56 Å². The van der Waals surface area contributed by atoms with Gasteiger partial charge in [0, 0.05) is 30.1 Å². The van der Waals surface area contributed by atoms with Gasteiger partial charge in [-0.2, -0.15) is 0 Å². The minimum atomic E-state index is -0.365. The van der Waals surface area contributed by atoms with Crippen molar-refractivity contribution < 1.29 is 15.1 Å². The van der Waals surface area contributed by atoms with Gasteiger partial charge < -0.3 is 10.2 Å². The van der Waals surface area contributed by atoms with Crippen LogP contribution in [0.2, 0.25) is 0 Å². The summed E-state index contributed by atoms with van der Waals surface area (Å²) in [6.45, 7) is 0.0620. The average Bonchev–Trinajstić information content (AvgIpc) is 2.75. The standard InChI is InChI=1S/C16H17NO4/c18-8-10-7-14-12(6-5-11(10)15(14)9-19)13-3-1-2-4-16(13)17(20)21/h1-6,9-12,14,18-19H,7-8H2/b15-9+/t10-,11+,12+,14+/m0/s1. The summed E-state index contributed by atoms with van der Waals surface area (Å²) in [5, 5.41) is 30.2. The van der Waals surface area contributed by atoms with Crippen molar-refractivity contribution in [2.75, 3.05) is 6.61 Å². The number of nitro benzene ring substituents is 1. The Labute approximate surface area is 122 Å². The van der Waals surface area contributed by atoms with Crippen LogP contribution in [-0.2, 0) is 0 Å². The van der Waals surface area contributed by atoms with E-state index >= 15 is 0 Å². The van der Waals surface area contributed by atoms with Crippen molar-refractivity contribution in [2.45, 2.75) is 12.3 Å². The summed E-state index contributed by atoms with van der Waals surface area (Å²) in [5.74, 6) is 0.0162. The van der Waals surface area contributed by atoms with Crippen molar-refractivity contribution >= 4 is 5.69 Å². The van der Waals surface area contributed by atoms with Crippen LogP contribution in [0.3, 0.4) is 0 Å². The number of aliphatic hydroxyl groups is 2. The zero-order valence-corrected chi connectivity index (χ0v) is 11.4. The summed E-state index contributed by atoms with van der Waals surface area (Å²) in [6, 6.07) is 6.73. The molecule has 5 nitrogen and oxygen atoms in total. The molecule has 110 valence electrons. The van der Waals surface area contributed by atoms with E-state index in [4.69, 9.17) is 0 Å². The number of rotatable bonds is 3. The average molecular weight is 287 g/mol. The first-order chi connectivity index (χ1) is 10.2. The molecular formula is C16H17NO4. The van der Waals surface area contributed by atoms with Crippen LogP contribution in [0.5, 0.6) is 0 Å². The highest BCUT2D eigenvalue weighted by atomic mass is 16.6. The first kappa shape index (κ1) is 13.8. The van der Waals surface area contributed by atoms with Crippen LogP contribution in [-0.4, -0.2) is 21.7 Å². The number of allylic oxidation sites excluding steroid dienone is 3. The van der Waals surface area contributed by atoms with Crippen molar-refractivity contribution in [2.24, 2.45) is 17.8 Å². The third-order valence-electron chi connectivity index (χ3n) is 4.71. The molecule has 1 aromatic carbocycles. The summed E-state index contributed by atoms with van der Waals surface area (Å²) in [5.41, 5.74) is 1.65. The molecule has 0 spiro atoms. The molecule has 2 aliphatic rings. The Kier molecular flexibility index (Phi) is 3.51. The molecule has 1 aromatic rings. The van der Waals surface area contributed by atoms with E-state index in [1.165, 1.54) is 6.07 Å². The lowest BCUT2D eigenvalue weighted by Gasteiger charge is -2.26. The van der Waals surface area contributed by atoms with Gasteiger partial charge >= 0.3 is 0 Å². The van der Waals surface area contributed by atoms with Gasteiger partial charge in [0.2, 0.25) is 0 Å². The SMILES string of the molecule is O=[N+]([O-])c1ccccc1[C@H]1C=C[C@H]2/C(=C\O)[C@@H]1C[C@H]2CO. The van der Waals surface area contributed by atoms with E-state index in [-0.39, 0.29) is 40.9 Å². The van der Waals surface area contributed by atoms with Gasteiger partial charge in [0.05, 0.1) is 11.2 Å². The summed E-state index contributed by atoms with van der Waals surface area (Å²) in [4.78, 5) is 10.9. The first-order valence-electron chi connectivity index (χ1n) is 7.04. The Morgan fingerprint density at radius 1 is 1.29 bits per heavy atom. The maximum atomic E-state index is 11.2. The third kappa shape index (κ3) is 2.14. The van der Waals surface area contributed by atoms with Gasteiger partial charge in [0.1, 0.15) is 0 Å². The number of benzene rings is 1. The largest absolute Gasteiger partial charge is 0.516 e. The zero-order chi connectivity index (χ0) is 15.0. The summed E-state index contributed by atoms with van der Waals surface area (Å²) >= 11 is 0. The molecule has 4 atom stereocenters. The van der Waals surface area contributed by atoms with E-state index in [9.17, 15) is 20.3 Å². The molecule has 21 heavy (non-hydrogen) atoms. The maximum absolute atomic E-state index is 11.2. The molecule has 0 aromatic heterocycles. The second-order valence-corrected chi connectivity index (χ2v) is 5.67. The smallest absolute Gasteiger partial charge is 0.273 e. The van der Waals surface area contributed by atoms with E-state index in [1.54, 1.807) is 18.2 Å². The fourth-order valence-electron chi connectivity index (χ4n) is 3.75. The van der Waals surface area contributed by atoms with Crippen molar-refractivity contribution in [1.82, 2.24) is 0 Å². The molecule has 5 heteroatoms. The molecule has 0 heterocycles. The molecule has 1 fully saturated rings. The molecule has 2 N–H and O–H groups in total. The quantitative estimate of drug-likeness (QED) is 0.387. The molecule has 0 amide bonds. The number of para-hydroxylation sites is 1. The highest BCUT2D eigenvalue weighted by Gasteiger charge is 2.44. The maximum Gasteiger partial charge on any atom is 0.273 e. The van der Waals surface area contributed by atoms with E-state index in [0.717, 1.165) is 18.3 Å². The second kappa shape index (κ2) is 5.33. The Morgan fingerprint density at radius 2 is 2.00 bits per heavy atom. The van der Waals surface area contributed by atoms with Gasteiger partial charge in [-0.1, -0.05) is 30.4 Å².